The molecule has 0 fully saturated rings. The molecule has 8 heteroatoms. The van der Waals surface area contributed by atoms with E-state index in [4.69, 9.17) is 9.79 Å². The summed E-state index contributed by atoms with van der Waals surface area (Å²) in [7, 11) is -4.68. The van der Waals surface area contributed by atoms with E-state index in [9.17, 15) is 19.6 Å². The standard InChI is InChI=1S/C16H18NO6P/c18-12-9-7-11(8-10-12)3-1-5-14(19)16-13(17-24(21,22)23)4-2-6-15(16)20/h2,6-10,18,20H,1,3-5H2,(H2,21,22,23). The maximum atomic E-state index is 12.3. The third-order valence-corrected chi connectivity index (χ3v) is 3.97. The van der Waals surface area contributed by atoms with E-state index in [0.29, 0.717) is 12.8 Å². The van der Waals surface area contributed by atoms with Crippen LogP contribution >= 0.6 is 7.75 Å². The van der Waals surface area contributed by atoms with Gasteiger partial charge in [0.2, 0.25) is 0 Å². The van der Waals surface area contributed by atoms with E-state index in [1.165, 1.54) is 12.2 Å². The van der Waals surface area contributed by atoms with Crippen LogP contribution in [-0.4, -0.2) is 31.5 Å². The zero-order chi connectivity index (χ0) is 17.7. The zero-order valence-electron chi connectivity index (χ0n) is 12.8. The molecule has 1 aliphatic rings. The number of aliphatic hydroxyl groups is 1. The van der Waals surface area contributed by atoms with Gasteiger partial charge in [0.15, 0.2) is 5.78 Å². The van der Waals surface area contributed by atoms with E-state index in [1.54, 1.807) is 24.3 Å². The van der Waals surface area contributed by atoms with Crippen LogP contribution in [0.2, 0.25) is 0 Å². The van der Waals surface area contributed by atoms with Gasteiger partial charge in [-0.15, -0.1) is 0 Å². The molecular formula is C16H18NO6P. The summed E-state index contributed by atoms with van der Waals surface area (Å²) in [4.78, 5) is 30.3. The molecule has 2 rings (SSSR count). The molecule has 0 atom stereocenters. The second kappa shape index (κ2) is 7.57. The predicted octanol–water partition coefficient (Wildman–Crippen LogP) is 2.59. The van der Waals surface area contributed by atoms with Gasteiger partial charge in [-0.2, -0.15) is 4.76 Å². The van der Waals surface area contributed by atoms with Gasteiger partial charge in [-0.1, -0.05) is 18.2 Å². The highest BCUT2D eigenvalue weighted by molar-refractivity contribution is 7.50. The number of carbonyl (C=O) groups excluding carboxylic acids is 1. The number of nitrogens with zero attached hydrogens (tertiary/aromatic N) is 1. The summed E-state index contributed by atoms with van der Waals surface area (Å²) in [5.41, 5.74) is 0.718. The summed E-state index contributed by atoms with van der Waals surface area (Å²) in [6.45, 7) is 0. The Morgan fingerprint density at radius 3 is 2.46 bits per heavy atom. The molecule has 0 aromatic heterocycles. The molecule has 0 heterocycles. The number of Topliss-reactive ketones (excluding diaryl/α,β-unsaturated/α-hetero) is 1. The van der Waals surface area contributed by atoms with Gasteiger partial charge in [-0.25, -0.2) is 4.57 Å². The maximum absolute atomic E-state index is 12.3. The van der Waals surface area contributed by atoms with Crippen molar-refractivity contribution in [3.63, 3.8) is 0 Å². The third kappa shape index (κ3) is 5.16. The fourth-order valence-electron chi connectivity index (χ4n) is 2.41. The number of hydrogen-bond acceptors (Lipinski definition) is 4. The Kier molecular flexibility index (Phi) is 5.72. The second-order valence-electron chi connectivity index (χ2n) is 5.37. The Morgan fingerprint density at radius 1 is 1.17 bits per heavy atom. The van der Waals surface area contributed by atoms with Crippen LogP contribution in [0.4, 0.5) is 0 Å². The van der Waals surface area contributed by atoms with Crippen molar-refractivity contribution in [2.45, 2.75) is 25.7 Å². The minimum absolute atomic E-state index is 0.0776. The topological polar surface area (TPSA) is 127 Å². The normalized spacial score (nSPS) is 16.7. The summed E-state index contributed by atoms with van der Waals surface area (Å²) < 4.78 is 14.3. The fourth-order valence-corrected chi connectivity index (χ4v) is 2.90. The first-order valence-electron chi connectivity index (χ1n) is 7.32. The van der Waals surface area contributed by atoms with Crippen molar-refractivity contribution >= 4 is 19.2 Å². The molecule has 1 aromatic rings. The van der Waals surface area contributed by atoms with Crippen LogP contribution in [0.15, 0.2) is 52.5 Å². The molecule has 0 saturated heterocycles. The van der Waals surface area contributed by atoms with Crippen LogP contribution in [0.1, 0.15) is 24.8 Å². The number of allylic oxidation sites excluding steroid dienone is 3. The summed E-state index contributed by atoms with van der Waals surface area (Å²) in [5, 5.41) is 19.1. The lowest BCUT2D eigenvalue weighted by atomic mass is 9.94. The maximum Gasteiger partial charge on any atom is 0.448 e. The fraction of sp³-hybridized carbons (Fsp3) is 0.250. The Balaban J connectivity index is 2.06. The van der Waals surface area contributed by atoms with Gasteiger partial charge in [0.25, 0.3) is 0 Å². The summed E-state index contributed by atoms with van der Waals surface area (Å²) in [5.74, 6) is -0.580. The Hall–Kier alpha value is -2.21. The molecule has 7 nitrogen and oxygen atoms in total. The first kappa shape index (κ1) is 18.1. The molecule has 1 aromatic carbocycles. The lowest BCUT2D eigenvalue weighted by Crippen LogP contribution is -2.17. The van der Waals surface area contributed by atoms with E-state index in [1.807, 2.05) is 0 Å². The molecular weight excluding hydrogens is 333 g/mol. The molecule has 0 unspecified atom stereocenters. The summed E-state index contributed by atoms with van der Waals surface area (Å²) in [6, 6.07) is 6.62. The highest BCUT2D eigenvalue weighted by Gasteiger charge is 2.25. The van der Waals surface area contributed by atoms with Crippen LogP contribution in [0.3, 0.4) is 0 Å². The van der Waals surface area contributed by atoms with Crippen molar-refractivity contribution in [1.82, 2.24) is 0 Å². The Morgan fingerprint density at radius 2 is 1.83 bits per heavy atom. The number of hydrogen-bond donors (Lipinski definition) is 4. The summed E-state index contributed by atoms with van der Waals surface area (Å²) in [6.07, 6.45) is 4.08. The number of phenols is 1. The highest BCUT2D eigenvalue weighted by Crippen LogP contribution is 2.38. The molecule has 4 N–H and O–H groups in total. The van der Waals surface area contributed by atoms with Crippen LogP contribution in [0.5, 0.6) is 5.75 Å². The molecule has 128 valence electrons. The van der Waals surface area contributed by atoms with E-state index in [-0.39, 0.29) is 35.6 Å². The van der Waals surface area contributed by atoms with Crippen molar-refractivity contribution in [3.05, 3.63) is 53.3 Å². The van der Waals surface area contributed by atoms with Crippen molar-refractivity contribution in [2.24, 2.45) is 4.76 Å². The van der Waals surface area contributed by atoms with Gasteiger partial charge in [0.05, 0.1) is 11.3 Å². The predicted molar refractivity (Wildman–Crippen MR) is 88.9 cm³/mol. The zero-order valence-corrected chi connectivity index (χ0v) is 13.7. The molecule has 0 bridgehead atoms. The van der Waals surface area contributed by atoms with Gasteiger partial charge < -0.3 is 20.0 Å². The van der Waals surface area contributed by atoms with Crippen LogP contribution in [0, 0.1) is 0 Å². The average Bonchev–Trinajstić information content (AvgIpc) is 2.47. The van der Waals surface area contributed by atoms with Crippen molar-refractivity contribution < 1.29 is 29.4 Å². The number of benzene rings is 1. The number of aryl methyl sites for hydroxylation is 1. The van der Waals surface area contributed by atoms with Crippen LogP contribution < -0.4 is 0 Å². The number of rotatable bonds is 6. The average molecular weight is 351 g/mol. The van der Waals surface area contributed by atoms with E-state index < -0.39 is 13.5 Å². The first-order valence-corrected chi connectivity index (χ1v) is 8.88. The molecule has 0 saturated carbocycles. The number of carbonyl (C=O) groups is 1. The molecule has 24 heavy (non-hydrogen) atoms. The van der Waals surface area contributed by atoms with Crippen molar-refractivity contribution in [2.75, 3.05) is 0 Å². The monoisotopic (exact) mass is 351 g/mol. The number of ketones is 1. The van der Waals surface area contributed by atoms with E-state index >= 15 is 0 Å². The third-order valence-electron chi connectivity index (χ3n) is 3.47. The lowest BCUT2D eigenvalue weighted by molar-refractivity contribution is -0.115. The lowest BCUT2D eigenvalue weighted by Gasteiger charge is -2.14. The number of phenolic OH excluding ortho intramolecular Hbond substituents is 1. The van der Waals surface area contributed by atoms with Crippen LogP contribution in [0.25, 0.3) is 0 Å². The quantitative estimate of drug-likeness (QED) is 0.583. The van der Waals surface area contributed by atoms with Gasteiger partial charge in [0.1, 0.15) is 11.5 Å². The van der Waals surface area contributed by atoms with Crippen LogP contribution in [-0.2, 0) is 15.8 Å². The van der Waals surface area contributed by atoms with Gasteiger partial charge in [-0.05, 0) is 36.6 Å². The second-order valence-corrected chi connectivity index (χ2v) is 6.60. The molecule has 0 amide bonds. The first-order chi connectivity index (χ1) is 11.3. The summed E-state index contributed by atoms with van der Waals surface area (Å²) >= 11 is 0. The van der Waals surface area contributed by atoms with Gasteiger partial charge >= 0.3 is 7.75 Å². The smallest absolute Gasteiger partial charge is 0.448 e. The van der Waals surface area contributed by atoms with E-state index in [2.05, 4.69) is 4.76 Å². The van der Waals surface area contributed by atoms with Gasteiger partial charge in [0, 0.05) is 12.8 Å². The van der Waals surface area contributed by atoms with E-state index in [0.717, 1.165) is 5.56 Å². The minimum atomic E-state index is -4.68. The molecule has 0 aliphatic heterocycles. The largest absolute Gasteiger partial charge is 0.508 e. The van der Waals surface area contributed by atoms with Gasteiger partial charge in [-0.3, -0.25) is 4.79 Å². The Bertz CT molecular complexity index is 757. The minimum Gasteiger partial charge on any atom is -0.508 e. The highest BCUT2D eigenvalue weighted by atomic mass is 31.2. The number of aromatic hydroxyl groups is 1. The van der Waals surface area contributed by atoms with Crippen molar-refractivity contribution in [1.29, 1.82) is 0 Å². The molecule has 0 spiro atoms. The molecule has 0 radical (unpaired) electrons. The molecule has 1 aliphatic carbocycles. The Labute approximate surface area is 138 Å². The number of aliphatic hydroxyl groups excluding tert-OH is 1. The SMILES string of the molecule is O=C(CCCc1ccc(O)cc1)C1=C(O)C=CCC1=NP(=O)(O)O. The van der Waals surface area contributed by atoms with Crippen molar-refractivity contribution in [3.8, 4) is 5.75 Å².